The van der Waals surface area contributed by atoms with Gasteiger partial charge < -0.3 is 9.15 Å². The van der Waals surface area contributed by atoms with Crippen molar-refractivity contribution in [1.82, 2.24) is 5.43 Å². The standard InChI is InChI=1S/C19H14Cl2N2O3/c20-14-5-3-4-13(10-14)17-9-8-15(26-17)11-22-23-19(24)12-25-18-7-2-1-6-16(18)21/h1-11H,12H2,(H,23,24)/b22-11+. The van der Waals surface area contributed by atoms with Crippen molar-refractivity contribution >= 4 is 35.3 Å². The van der Waals surface area contributed by atoms with Crippen molar-refractivity contribution < 1.29 is 13.9 Å². The quantitative estimate of drug-likeness (QED) is 0.487. The predicted molar refractivity (Wildman–Crippen MR) is 102 cm³/mol. The van der Waals surface area contributed by atoms with E-state index in [1.807, 2.05) is 12.1 Å². The van der Waals surface area contributed by atoms with Crippen LogP contribution in [0, 0.1) is 0 Å². The molecule has 5 nitrogen and oxygen atoms in total. The molecular weight excluding hydrogens is 375 g/mol. The van der Waals surface area contributed by atoms with Crippen LogP contribution in [0.15, 0.2) is 70.2 Å². The lowest BCUT2D eigenvalue weighted by Gasteiger charge is -2.06. The van der Waals surface area contributed by atoms with E-state index >= 15 is 0 Å². The molecule has 0 bridgehead atoms. The first-order valence-electron chi connectivity index (χ1n) is 7.67. The number of carbonyl (C=O) groups excluding carboxylic acids is 1. The Hall–Kier alpha value is -2.76. The summed E-state index contributed by atoms with van der Waals surface area (Å²) in [4.78, 5) is 11.7. The van der Waals surface area contributed by atoms with Gasteiger partial charge in [0.1, 0.15) is 17.3 Å². The van der Waals surface area contributed by atoms with Crippen LogP contribution in [0.4, 0.5) is 0 Å². The highest BCUT2D eigenvalue weighted by atomic mass is 35.5. The van der Waals surface area contributed by atoms with Crippen LogP contribution in [-0.4, -0.2) is 18.7 Å². The van der Waals surface area contributed by atoms with Gasteiger partial charge in [0.05, 0.1) is 11.2 Å². The number of hydrazone groups is 1. The number of ether oxygens (including phenoxy) is 1. The number of hydrogen-bond donors (Lipinski definition) is 1. The number of carbonyl (C=O) groups is 1. The van der Waals surface area contributed by atoms with Crippen molar-refractivity contribution in [3.63, 3.8) is 0 Å². The third-order valence-corrected chi connectivity index (χ3v) is 3.86. The van der Waals surface area contributed by atoms with Crippen LogP contribution in [0.25, 0.3) is 11.3 Å². The molecule has 0 aliphatic carbocycles. The monoisotopic (exact) mass is 388 g/mol. The number of amides is 1. The van der Waals surface area contributed by atoms with E-state index in [2.05, 4.69) is 10.5 Å². The molecule has 0 fully saturated rings. The average Bonchev–Trinajstić information content (AvgIpc) is 3.10. The van der Waals surface area contributed by atoms with Crippen molar-refractivity contribution in [2.45, 2.75) is 0 Å². The molecule has 0 saturated heterocycles. The number of nitrogens with one attached hydrogen (secondary N) is 1. The van der Waals surface area contributed by atoms with Gasteiger partial charge in [-0.3, -0.25) is 4.79 Å². The molecule has 0 aliphatic heterocycles. The number of nitrogens with zero attached hydrogens (tertiary/aromatic N) is 1. The number of hydrogen-bond acceptors (Lipinski definition) is 4. The van der Waals surface area contributed by atoms with Crippen molar-refractivity contribution in [2.75, 3.05) is 6.61 Å². The first-order chi connectivity index (χ1) is 12.6. The molecule has 1 aromatic heterocycles. The van der Waals surface area contributed by atoms with E-state index in [9.17, 15) is 4.79 Å². The van der Waals surface area contributed by atoms with Gasteiger partial charge in [-0.2, -0.15) is 5.10 Å². The van der Waals surface area contributed by atoms with Crippen LogP contribution < -0.4 is 10.2 Å². The van der Waals surface area contributed by atoms with Gasteiger partial charge in [-0.25, -0.2) is 5.43 Å². The molecular formula is C19H14Cl2N2O3. The Morgan fingerprint density at radius 1 is 1.12 bits per heavy atom. The fraction of sp³-hybridized carbons (Fsp3) is 0.0526. The maximum atomic E-state index is 11.7. The summed E-state index contributed by atoms with van der Waals surface area (Å²) in [6, 6.07) is 17.8. The molecule has 1 N–H and O–H groups in total. The Bertz CT molecular complexity index is 938. The van der Waals surface area contributed by atoms with Crippen LogP contribution >= 0.6 is 23.2 Å². The molecule has 3 aromatic rings. The zero-order valence-electron chi connectivity index (χ0n) is 13.5. The average molecular weight is 389 g/mol. The van der Waals surface area contributed by atoms with E-state index in [1.54, 1.807) is 48.5 Å². The van der Waals surface area contributed by atoms with Crippen molar-refractivity contribution in [1.29, 1.82) is 0 Å². The SMILES string of the molecule is O=C(COc1ccccc1Cl)N/N=C/c1ccc(-c2cccc(Cl)c2)o1. The fourth-order valence-electron chi connectivity index (χ4n) is 2.12. The molecule has 0 saturated carbocycles. The molecule has 7 heteroatoms. The third-order valence-electron chi connectivity index (χ3n) is 3.31. The van der Waals surface area contributed by atoms with Gasteiger partial charge >= 0.3 is 0 Å². The lowest BCUT2D eigenvalue weighted by Crippen LogP contribution is -2.24. The predicted octanol–water partition coefficient (Wildman–Crippen LogP) is 4.78. The maximum Gasteiger partial charge on any atom is 0.277 e. The molecule has 0 unspecified atom stereocenters. The molecule has 26 heavy (non-hydrogen) atoms. The first-order valence-corrected chi connectivity index (χ1v) is 8.42. The normalized spacial score (nSPS) is 10.8. The number of para-hydroxylation sites is 1. The summed E-state index contributed by atoms with van der Waals surface area (Å²) in [5.41, 5.74) is 3.22. The van der Waals surface area contributed by atoms with Crippen LogP contribution in [0.3, 0.4) is 0 Å². The van der Waals surface area contributed by atoms with Gasteiger partial charge in [0.2, 0.25) is 0 Å². The van der Waals surface area contributed by atoms with E-state index in [4.69, 9.17) is 32.4 Å². The van der Waals surface area contributed by atoms with Crippen LogP contribution in [0.2, 0.25) is 10.0 Å². The Balaban J connectivity index is 1.52. The number of halogens is 2. The smallest absolute Gasteiger partial charge is 0.277 e. The first kappa shape index (κ1) is 18.0. The minimum Gasteiger partial charge on any atom is -0.482 e. The largest absolute Gasteiger partial charge is 0.482 e. The van der Waals surface area contributed by atoms with Gasteiger partial charge in [0.15, 0.2) is 6.61 Å². The minimum absolute atomic E-state index is 0.201. The van der Waals surface area contributed by atoms with Crippen molar-refractivity contribution in [3.8, 4) is 17.1 Å². The van der Waals surface area contributed by atoms with Gasteiger partial charge in [0, 0.05) is 10.6 Å². The second kappa shape index (κ2) is 8.56. The topological polar surface area (TPSA) is 63.8 Å². The van der Waals surface area contributed by atoms with Gasteiger partial charge in [-0.1, -0.05) is 47.5 Å². The van der Waals surface area contributed by atoms with Gasteiger partial charge in [0.25, 0.3) is 5.91 Å². The molecule has 0 spiro atoms. The van der Waals surface area contributed by atoms with Crippen LogP contribution in [0.1, 0.15) is 5.76 Å². The summed E-state index contributed by atoms with van der Waals surface area (Å²) >= 11 is 11.9. The fourth-order valence-corrected chi connectivity index (χ4v) is 2.50. The molecule has 2 aromatic carbocycles. The van der Waals surface area contributed by atoms with E-state index in [0.29, 0.717) is 27.3 Å². The van der Waals surface area contributed by atoms with Crippen molar-refractivity contribution in [2.24, 2.45) is 5.10 Å². The molecule has 0 aliphatic rings. The highest BCUT2D eigenvalue weighted by Crippen LogP contribution is 2.24. The Morgan fingerprint density at radius 3 is 2.77 bits per heavy atom. The molecule has 1 amide bonds. The summed E-state index contributed by atoms with van der Waals surface area (Å²) < 4.78 is 11.0. The molecule has 1 heterocycles. The molecule has 0 radical (unpaired) electrons. The Kier molecular flexibility index (Phi) is 5.94. The highest BCUT2D eigenvalue weighted by Gasteiger charge is 2.06. The van der Waals surface area contributed by atoms with Gasteiger partial charge in [-0.05, 0) is 36.4 Å². The zero-order chi connectivity index (χ0) is 18.4. The summed E-state index contributed by atoms with van der Waals surface area (Å²) in [6.07, 6.45) is 1.40. The Morgan fingerprint density at radius 2 is 1.96 bits per heavy atom. The Labute approximate surface area is 160 Å². The summed E-state index contributed by atoms with van der Waals surface area (Å²) in [5.74, 6) is 1.17. The number of furan rings is 1. The second-order valence-corrected chi connectivity index (χ2v) is 6.07. The van der Waals surface area contributed by atoms with E-state index < -0.39 is 5.91 Å². The van der Waals surface area contributed by atoms with E-state index in [1.165, 1.54) is 6.21 Å². The molecule has 132 valence electrons. The number of rotatable bonds is 6. The van der Waals surface area contributed by atoms with Crippen LogP contribution in [-0.2, 0) is 4.79 Å². The van der Waals surface area contributed by atoms with Crippen LogP contribution in [0.5, 0.6) is 5.75 Å². The molecule has 0 atom stereocenters. The lowest BCUT2D eigenvalue weighted by molar-refractivity contribution is -0.123. The summed E-state index contributed by atoms with van der Waals surface area (Å²) in [7, 11) is 0. The second-order valence-electron chi connectivity index (χ2n) is 5.22. The van der Waals surface area contributed by atoms with E-state index in [0.717, 1.165) is 5.56 Å². The minimum atomic E-state index is -0.414. The van der Waals surface area contributed by atoms with Crippen molar-refractivity contribution in [3.05, 3.63) is 76.5 Å². The lowest BCUT2D eigenvalue weighted by atomic mass is 10.2. The maximum absolute atomic E-state index is 11.7. The van der Waals surface area contributed by atoms with E-state index in [-0.39, 0.29) is 6.61 Å². The summed E-state index contributed by atoms with van der Waals surface area (Å²) in [6.45, 7) is -0.201. The zero-order valence-corrected chi connectivity index (χ0v) is 15.0. The summed E-state index contributed by atoms with van der Waals surface area (Å²) in [5, 5.41) is 4.91. The molecule has 3 rings (SSSR count). The highest BCUT2D eigenvalue weighted by molar-refractivity contribution is 6.32. The number of benzene rings is 2. The van der Waals surface area contributed by atoms with Gasteiger partial charge in [-0.15, -0.1) is 0 Å². The third kappa shape index (κ3) is 4.88.